The van der Waals surface area contributed by atoms with Crippen molar-refractivity contribution in [3.63, 3.8) is 0 Å². The molecule has 0 spiro atoms. The van der Waals surface area contributed by atoms with Gasteiger partial charge in [0.25, 0.3) is 0 Å². The van der Waals surface area contributed by atoms with Crippen LogP contribution in [0.15, 0.2) is 35.4 Å². The summed E-state index contributed by atoms with van der Waals surface area (Å²) in [5, 5.41) is 10.8. The Morgan fingerprint density at radius 1 is 1.15 bits per heavy atom. The van der Waals surface area contributed by atoms with Crippen molar-refractivity contribution in [1.29, 1.82) is 0 Å². The summed E-state index contributed by atoms with van der Waals surface area (Å²) >= 11 is 0. The second-order valence-corrected chi connectivity index (χ2v) is 7.53. The zero-order valence-electron chi connectivity index (χ0n) is 14.4. The molecule has 1 aromatic carbocycles. The molecular weight excluding hydrogens is 380 g/mol. The third-order valence-corrected chi connectivity index (χ3v) is 5.40. The van der Waals surface area contributed by atoms with E-state index in [0.717, 1.165) is 30.9 Å². The Balaban J connectivity index is 1.55. The fourth-order valence-corrected chi connectivity index (χ4v) is 3.69. The maximum atomic E-state index is 13.6. The number of anilines is 2. The minimum atomic E-state index is -4.16. The number of ether oxygens (including phenoxy) is 1. The quantitative estimate of drug-likeness (QED) is 0.670. The monoisotopic (exact) mass is 399 g/mol. The van der Waals surface area contributed by atoms with Gasteiger partial charge in [0.2, 0.25) is 10.0 Å². The Bertz CT molecular complexity index is 891. The molecule has 146 valence electrons. The Morgan fingerprint density at radius 2 is 1.93 bits per heavy atom. The van der Waals surface area contributed by atoms with Crippen LogP contribution in [0.4, 0.5) is 20.3 Å². The predicted octanol–water partition coefficient (Wildman–Crippen LogP) is 0.982. The first-order valence-electron chi connectivity index (χ1n) is 8.30. The number of nitrogens with one attached hydrogen (secondary N) is 2. The molecule has 1 aliphatic rings. The van der Waals surface area contributed by atoms with Crippen molar-refractivity contribution in [1.82, 2.24) is 14.9 Å². The minimum absolute atomic E-state index is 0.0399. The van der Waals surface area contributed by atoms with Gasteiger partial charge in [-0.2, -0.15) is 5.10 Å². The van der Waals surface area contributed by atoms with Crippen molar-refractivity contribution in [3.05, 3.63) is 42.1 Å². The first kappa shape index (κ1) is 19.4. The van der Waals surface area contributed by atoms with Crippen LogP contribution in [0, 0.1) is 11.6 Å². The molecule has 2 aromatic rings. The van der Waals surface area contributed by atoms with Crippen molar-refractivity contribution in [2.75, 3.05) is 49.6 Å². The molecule has 1 aliphatic heterocycles. The van der Waals surface area contributed by atoms with E-state index in [1.54, 1.807) is 12.3 Å². The topological polar surface area (TPSA) is 96.5 Å². The third-order valence-electron chi connectivity index (χ3n) is 3.92. The molecule has 0 atom stereocenters. The van der Waals surface area contributed by atoms with E-state index in [4.69, 9.17) is 4.74 Å². The van der Waals surface area contributed by atoms with Crippen molar-refractivity contribution in [2.45, 2.75) is 4.90 Å². The lowest BCUT2D eigenvalue weighted by molar-refractivity contribution is 0.122. The first-order valence-corrected chi connectivity index (χ1v) is 9.78. The highest BCUT2D eigenvalue weighted by Crippen LogP contribution is 2.17. The van der Waals surface area contributed by atoms with E-state index >= 15 is 0 Å². The van der Waals surface area contributed by atoms with E-state index < -0.39 is 26.6 Å². The molecule has 3 rings (SSSR count). The van der Waals surface area contributed by atoms with Crippen LogP contribution in [0.1, 0.15) is 0 Å². The summed E-state index contributed by atoms with van der Waals surface area (Å²) in [7, 11) is -4.16. The fourth-order valence-electron chi connectivity index (χ4n) is 2.57. The molecule has 1 aromatic heterocycles. The van der Waals surface area contributed by atoms with Crippen molar-refractivity contribution in [2.24, 2.45) is 0 Å². The van der Waals surface area contributed by atoms with Gasteiger partial charge in [0.15, 0.2) is 5.82 Å². The van der Waals surface area contributed by atoms with Crippen LogP contribution in [0.5, 0.6) is 0 Å². The van der Waals surface area contributed by atoms with Crippen LogP contribution in [-0.4, -0.2) is 58.0 Å². The lowest BCUT2D eigenvalue weighted by Gasteiger charge is -2.28. The van der Waals surface area contributed by atoms with E-state index in [1.807, 2.05) is 0 Å². The molecule has 0 amide bonds. The van der Waals surface area contributed by atoms with Gasteiger partial charge in [0, 0.05) is 32.2 Å². The van der Waals surface area contributed by atoms with E-state index in [-0.39, 0.29) is 13.1 Å². The normalized spacial score (nSPS) is 15.0. The summed E-state index contributed by atoms with van der Waals surface area (Å²) in [5.74, 6) is -1.36. The Morgan fingerprint density at radius 3 is 2.70 bits per heavy atom. The number of hydrogen-bond donors (Lipinski definition) is 2. The largest absolute Gasteiger partial charge is 0.378 e. The van der Waals surface area contributed by atoms with Crippen LogP contribution >= 0.6 is 0 Å². The SMILES string of the molecule is O=S(=O)(NCCNc1cc(N2CCOCC2)cnn1)c1cc(F)ccc1F. The van der Waals surface area contributed by atoms with Crippen LogP contribution in [0.3, 0.4) is 0 Å². The molecule has 11 heteroatoms. The lowest BCUT2D eigenvalue weighted by Crippen LogP contribution is -2.36. The summed E-state index contributed by atoms with van der Waals surface area (Å²) in [5.41, 5.74) is 0.887. The summed E-state index contributed by atoms with van der Waals surface area (Å²) < 4.78 is 58.5. The zero-order valence-corrected chi connectivity index (χ0v) is 15.2. The van der Waals surface area contributed by atoms with Gasteiger partial charge in [-0.05, 0) is 18.2 Å². The van der Waals surface area contributed by atoms with Gasteiger partial charge in [-0.1, -0.05) is 0 Å². The minimum Gasteiger partial charge on any atom is -0.378 e. The van der Waals surface area contributed by atoms with Gasteiger partial charge in [-0.25, -0.2) is 21.9 Å². The van der Waals surface area contributed by atoms with Crippen molar-refractivity contribution >= 4 is 21.5 Å². The zero-order chi connectivity index (χ0) is 19.3. The molecule has 0 saturated carbocycles. The summed E-state index contributed by atoms with van der Waals surface area (Å²) in [6.07, 6.45) is 1.64. The molecule has 0 aliphatic carbocycles. The molecule has 27 heavy (non-hydrogen) atoms. The Labute approximate surface area is 155 Å². The van der Waals surface area contributed by atoms with E-state index in [9.17, 15) is 17.2 Å². The van der Waals surface area contributed by atoms with Gasteiger partial charge in [-0.15, -0.1) is 5.10 Å². The van der Waals surface area contributed by atoms with Crippen LogP contribution in [0.25, 0.3) is 0 Å². The standard InChI is InChI=1S/C16H19F2N5O3S/c17-12-1-2-14(18)15(9-12)27(24,25)21-4-3-19-16-10-13(11-20-22-16)23-5-7-26-8-6-23/h1-2,9-11,21H,3-8H2,(H,19,22). The molecular formula is C16H19F2N5O3S. The summed E-state index contributed by atoms with van der Waals surface area (Å²) in [6, 6.07) is 4.08. The number of benzene rings is 1. The number of rotatable bonds is 7. The maximum Gasteiger partial charge on any atom is 0.243 e. The van der Waals surface area contributed by atoms with Crippen molar-refractivity contribution < 1.29 is 21.9 Å². The van der Waals surface area contributed by atoms with Gasteiger partial charge in [-0.3, -0.25) is 0 Å². The fraction of sp³-hybridized carbons (Fsp3) is 0.375. The molecule has 1 fully saturated rings. The summed E-state index contributed by atoms with van der Waals surface area (Å²) in [4.78, 5) is 1.38. The average molecular weight is 399 g/mol. The average Bonchev–Trinajstić information content (AvgIpc) is 2.68. The second-order valence-electron chi connectivity index (χ2n) is 5.80. The first-order chi connectivity index (χ1) is 13.0. The molecule has 0 radical (unpaired) electrons. The molecule has 2 N–H and O–H groups in total. The third kappa shape index (κ3) is 5.08. The van der Waals surface area contributed by atoms with Crippen molar-refractivity contribution in [3.8, 4) is 0 Å². The molecule has 0 bridgehead atoms. The maximum absolute atomic E-state index is 13.6. The van der Waals surface area contributed by atoms with Crippen LogP contribution < -0.4 is 14.9 Å². The van der Waals surface area contributed by atoms with Gasteiger partial charge in [0.1, 0.15) is 16.5 Å². The number of sulfonamides is 1. The number of halogens is 2. The Kier molecular flexibility index (Phi) is 6.14. The number of nitrogens with zero attached hydrogens (tertiary/aromatic N) is 3. The second kappa shape index (κ2) is 8.55. The molecule has 8 nitrogen and oxygen atoms in total. The highest BCUT2D eigenvalue weighted by Gasteiger charge is 2.19. The van der Waals surface area contributed by atoms with Gasteiger partial charge >= 0.3 is 0 Å². The van der Waals surface area contributed by atoms with E-state index in [2.05, 4.69) is 25.1 Å². The number of morpholine rings is 1. The lowest BCUT2D eigenvalue weighted by atomic mass is 10.3. The highest BCUT2D eigenvalue weighted by atomic mass is 32.2. The van der Waals surface area contributed by atoms with Gasteiger partial charge < -0.3 is 15.0 Å². The van der Waals surface area contributed by atoms with Crippen LogP contribution in [-0.2, 0) is 14.8 Å². The number of aromatic nitrogens is 2. The smallest absolute Gasteiger partial charge is 0.243 e. The predicted molar refractivity (Wildman–Crippen MR) is 95.1 cm³/mol. The number of hydrogen-bond acceptors (Lipinski definition) is 7. The highest BCUT2D eigenvalue weighted by molar-refractivity contribution is 7.89. The van der Waals surface area contributed by atoms with Crippen LogP contribution in [0.2, 0.25) is 0 Å². The summed E-state index contributed by atoms with van der Waals surface area (Å²) in [6.45, 7) is 2.94. The molecule has 1 saturated heterocycles. The molecule has 0 unspecified atom stereocenters. The van der Waals surface area contributed by atoms with E-state index in [0.29, 0.717) is 25.1 Å². The molecule has 2 heterocycles. The van der Waals surface area contributed by atoms with E-state index in [1.165, 1.54) is 0 Å². The Hall–Kier alpha value is -2.37. The van der Waals surface area contributed by atoms with Gasteiger partial charge in [0.05, 0.1) is 25.1 Å².